The van der Waals surface area contributed by atoms with E-state index < -0.39 is 9.05 Å². The van der Waals surface area contributed by atoms with Gasteiger partial charge in [0.25, 0.3) is 15.0 Å². The van der Waals surface area contributed by atoms with E-state index in [1.54, 1.807) is 11.9 Å². The normalized spacial score (nSPS) is 15.7. The first kappa shape index (κ1) is 15.4. The molecule has 1 amide bonds. The summed E-state index contributed by atoms with van der Waals surface area (Å²) in [6.45, 7) is 4.65. The van der Waals surface area contributed by atoms with E-state index in [0.717, 1.165) is 19.4 Å². The Balaban J connectivity index is 2.28. The van der Waals surface area contributed by atoms with Gasteiger partial charge in [-0.05, 0) is 38.7 Å². The second-order valence-electron chi connectivity index (χ2n) is 5.60. The van der Waals surface area contributed by atoms with Gasteiger partial charge in [0.2, 0.25) is 0 Å². The van der Waals surface area contributed by atoms with Crippen molar-refractivity contribution in [1.82, 2.24) is 9.47 Å². The van der Waals surface area contributed by atoms with Gasteiger partial charge in [0.05, 0.1) is 0 Å². The maximum atomic E-state index is 12.6. The van der Waals surface area contributed by atoms with Crippen LogP contribution in [0.1, 0.15) is 37.2 Å². The van der Waals surface area contributed by atoms with Crippen LogP contribution in [0.25, 0.3) is 0 Å². The molecule has 0 radical (unpaired) electrons. The van der Waals surface area contributed by atoms with Gasteiger partial charge in [-0.2, -0.15) is 0 Å². The largest absolute Gasteiger partial charge is 0.345 e. The van der Waals surface area contributed by atoms with Crippen LogP contribution in [0, 0.1) is 5.92 Å². The number of halogens is 1. The summed E-state index contributed by atoms with van der Waals surface area (Å²) >= 11 is 0. The van der Waals surface area contributed by atoms with Crippen LogP contribution in [-0.2, 0) is 16.1 Å². The van der Waals surface area contributed by atoms with E-state index in [9.17, 15) is 13.2 Å². The van der Waals surface area contributed by atoms with E-state index in [1.807, 2.05) is 13.8 Å². The summed E-state index contributed by atoms with van der Waals surface area (Å²) in [6, 6.07) is 1.42. The molecule has 0 N–H and O–H groups in total. The number of carbonyl (C=O) groups is 1. The summed E-state index contributed by atoms with van der Waals surface area (Å²) in [5.41, 5.74) is 0.346. The van der Waals surface area contributed by atoms with E-state index in [-0.39, 0.29) is 16.8 Å². The van der Waals surface area contributed by atoms with Crippen LogP contribution in [0.2, 0.25) is 0 Å². The van der Waals surface area contributed by atoms with Crippen LogP contribution in [0.3, 0.4) is 0 Å². The van der Waals surface area contributed by atoms with Gasteiger partial charge in [-0.15, -0.1) is 0 Å². The molecule has 0 saturated heterocycles. The fourth-order valence-corrected chi connectivity index (χ4v) is 2.92. The second kappa shape index (κ2) is 5.41. The average Bonchev–Trinajstić information content (AvgIpc) is 3.04. The molecule has 0 atom stereocenters. The Labute approximate surface area is 123 Å². The molecule has 2 rings (SSSR count). The molecule has 1 aromatic rings. The molecule has 0 spiro atoms. The Kier molecular flexibility index (Phi) is 4.16. The highest BCUT2D eigenvalue weighted by Crippen LogP contribution is 2.31. The number of aryl methyl sites for hydroxylation is 1. The van der Waals surface area contributed by atoms with Gasteiger partial charge in [-0.3, -0.25) is 4.79 Å². The van der Waals surface area contributed by atoms with Gasteiger partial charge in [-0.1, -0.05) is 0 Å². The zero-order valence-corrected chi connectivity index (χ0v) is 13.4. The van der Waals surface area contributed by atoms with Crippen LogP contribution in [0.15, 0.2) is 17.2 Å². The van der Waals surface area contributed by atoms with E-state index in [1.165, 1.54) is 16.8 Å². The number of rotatable bonds is 5. The molecule has 5 nitrogen and oxygen atoms in total. The van der Waals surface area contributed by atoms with Crippen molar-refractivity contribution >= 4 is 25.6 Å². The Morgan fingerprint density at radius 1 is 1.50 bits per heavy atom. The van der Waals surface area contributed by atoms with Gasteiger partial charge < -0.3 is 9.47 Å². The van der Waals surface area contributed by atoms with Crippen molar-refractivity contribution in [1.29, 1.82) is 0 Å². The van der Waals surface area contributed by atoms with Crippen molar-refractivity contribution in [3.05, 3.63) is 18.0 Å². The zero-order valence-electron chi connectivity index (χ0n) is 11.8. The van der Waals surface area contributed by atoms with Crippen molar-refractivity contribution in [2.75, 3.05) is 6.54 Å². The van der Waals surface area contributed by atoms with Crippen LogP contribution >= 0.6 is 10.7 Å². The molecule has 0 aromatic carbocycles. The maximum absolute atomic E-state index is 12.6. The lowest BCUT2D eigenvalue weighted by molar-refractivity contribution is 0.0686. The van der Waals surface area contributed by atoms with Gasteiger partial charge in [0.1, 0.15) is 10.6 Å². The van der Waals surface area contributed by atoms with Gasteiger partial charge in [0, 0.05) is 36.5 Å². The summed E-state index contributed by atoms with van der Waals surface area (Å²) in [5.74, 6) is 0.429. The zero-order chi connectivity index (χ0) is 15.1. The number of hydrogen-bond acceptors (Lipinski definition) is 3. The highest BCUT2D eigenvalue weighted by Gasteiger charge is 2.30. The third kappa shape index (κ3) is 3.35. The van der Waals surface area contributed by atoms with E-state index >= 15 is 0 Å². The second-order valence-corrected chi connectivity index (χ2v) is 8.17. The highest BCUT2D eigenvalue weighted by atomic mass is 35.7. The number of hydrogen-bond donors (Lipinski definition) is 0. The predicted octanol–water partition coefficient (Wildman–Crippen LogP) is 2.21. The lowest BCUT2D eigenvalue weighted by Gasteiger charge is -2.26. The fourth-order valence-electron chi connectivity index (χ4n) is 2.13. The topological polar surface area (TPSA) is 59.4 Å². The van der Waals surface area contributed by atoms with E-state index in [4.69, 9.17) is 10.7 Å². The Bertz CT molecular complexity index is 618. The first-order valence-corrected chi connectivity index (χ1v) is 8.93. The number of carbonyl (C=O) groups excluding carboxylic acids is 1. The number of nitrogens with zero attached hydrogens (tertiary/aromatic N) is 2. The van der Waals surface area contributed by atoms with Crippen molar-refractivity contribution in [3.8, 4) is 0 Å². The number of aromatic nitrogens is 1. The summed E-state index contributed by atoms with van der Waals surface area (Å²) < 4.78 is 24.2. The standard InChI is InChI=1S/C13H19ClN2O3S/c1-9(2)16(7-10-4-5-10)13(17)12-6-11(8-15(12)3)20(14,18)19/h6,8-10H,4-5,7H2,1-3H3. The molecule has 112 valence electrons. The Morgan fingerprint density at radius 2 is 2.10 bits per heavy atom. The third-order valence-corrected chi connectivity index (χ3v) is 4.84. The maximum Gasteiger partial charge on any atom is 0.270 e. The van der Waals surface area contributed by atoms with E-state index in [2.05, 4.69) is 0 Å². The van der Waals surface area contributed by atoms with Crippen LogP contribution in [0.5, 0.6) is 0 Å². The third-order valence-electron chi connectivity index (χ3n) is 3.52. The lowest BCUT2D eigenvalue weighted by Crippen LogP contribution is -2.39. The predicted molar refractivity (Wildman–Crippen MR) is 77.3 cm³/mol. The van der Waals surface area contributed by atoms with E-state index in [0.29, 0.717) is 11.6 Å². The molecule has 1 aliphatic rings. The molecule has 7 heteroatoms. The monoisotopic (exact) mass is 318 g/mol. The quantitative estimate of drug-likeness (QED) is 0.782. The lowest BCUT2D eigenvalue weighted by atomic mass is 10.2. The highest BCUT2D eigenvalue weighted by molar-refractivity contribution is 8.13. The average molecular weight is 319 g/mol. The molecule has 1 heterocycles. The molecule has 0 aliphatic heterocycles. The fraction of sp³-hybridized carbons (Fsp3) is 0.615. The Hall–Kier alpha value is -1.01. The van der Waals surface area contributed by atoms with Crippen molar-refractivity contribution in [2.45, 2.75) is 37.6 Å². The number of amides is 1. The molecule has 0 bridgehead atoms. The molecule has 1 fully saturated rings. The summed E-state index contributed by atoms with van der Waals surface area (Å²) in [5, 5.41) is 0. The molecular formula is C13H19ClN2O3S. The minimum absolute atomic E-state index is 0.0415. The smallest absolute Gasteiger partial charge is 0.270 e. The van der Waals surface area contributed by atoms with Crippen molar-refractivity contribution in [2.24, 2.45) is 13.0 Å². The first-order chi connectivity index (χ1) is 9.20. The minimum atomic E-state index is -3.81. The van der Waals surface area contributed by atoms with Crippen LogP contribution in [0.4, 0.5) is 0 Å². The first-order valence-electron chi connectivity index (χ1n) is 6.62. The van der Waals surface area contributed by atoms with Crippen molar-refractivity contribution < 1.29 is 13.2 Å². The molecule has 1 saturated carbocycles. The van der Waals surface area contributed by atoms with Crippen LogP contribution < -0.4 is 0 Å². The van der Waals surface area contributed by atoms with Crippen LogP contribution in [-0.4, -0.2) is 36.4 Å². The van der Waals surface area contributed by atoms with Gasteiger partial charge >= 0.3 is 0 Å². The molecule has 1 aliphatic carbocycles. The molecule has 1 aromatic heterocycles. The molecule has 20 heavy (non-hydrogen) atoms. The summed E-state index contributed by atoms with van der Waals surface area (Å²) in [7, 11) is 3.15. The molecule has 0 unspecified atom stereocenters. The van der Waals surface area contributed by atoms with Gasteiger partial charge in [-0.25, -0.2) is 8.42 Å². The van der Waals surface area contributed by atoms with Crippen molar-refractivity contribution in [3.63, 3.8) is 0 Å². The molecular weight excluding hydrogens is 300 g/mol. The minimum Gasteiger partial charge on any atom is -0.345 e. The summed E-state index contributed by atoms with van der Waals surface area (Å²) in [6.07, 6.45) is 3.68. The Morgan fingerprint density at radius 3 is 2.50 bits per heavy atom. The SMILES string of the molecule is CC(C)N(CC1CC1)C(=O)c1cc(S(=O)(=O)Cl)cn1C. The van der Waals surface area contributed by atoms with Gasteiger partial charge in [0.15, 0.2) is 0 Å². The summed E-state index contributed by atoms with van der Waals surface area (Å²) in [4.78, 5) is 14.3.